The summed E-state index contributed by atoms with van der Waals surface area (Å²) in [6, 6.07) is 6.72. The van der Waals surface area contributed by atoms with Crippen LogP contribution in [0.1, 0.15) is 29.6 Å². The van der Waals surface area contributed by atoms with E-state index in [1.54, 1.807) is 28.4 Å². The van der Waals surface area contributed by atoms with Crippen LogP contribution in [0, 0.1) is 0 Å². The van der Waals surface area contributed by atoms with E-state index in [1.807, 2.05) is 6.07 Å². The number of amides is 1. The monoisotopic (exact) mass is 315 g/mol. The number of nitrogens with one attached hydrogen (secondary N) is 1. The van der Waals surface area contributed by atoms with Crippen molar-refractivity contribution < 1.29 is 10.0 Å². The van der Waals surface area contributed by atoms with Gasteiger partial charge in [0.15, 0.2) is 0 Å². The van der Waals surface area contributed by atoms with Crippen LogP contribution in [0.15, 0.2) is 35.3 Å². The highest BCUT2D eigenvalue weighted by atomic mass is 16.5. The number of hydroxylamine groups is 1. The van der Waals surface area contributed by atoms with E-state index < -0.39 is 5.91 Å². The van der Waals surface area contributed by atoms with E-state index in [1.165, 1.54) is 25.3 Å². The fraction of sp³-hybridized carbons (Fsp3) is 0.412. The van der Waals surface area contributed by atoms with Crippen LogP contribution in [0.25, 0.3) is 10.8 Å². The van der Waals surface area contributed by atoms with Crippen LogP contribution in [0.5, 0.6) is 0 Å². The number of fused-ring (bicyclic) bond motifs is 1. The normalized spacial score (nSPS) is 15.7. The first-order valence-electron chi connectivity index (χ1n) is 7.99. The van der Waals surface area contributed by atoms with Gasteiger partial charge in [-0.25, -0.2) is 5.48 Å². The summed E-state index contributed by atoms with van der Waals surface area (Å²) in [6.45, 7) is 3.71. The van der Waals surface area contributed by atoms with Crippen molar-refractivity contribution in [3.63, 3.8) is 0 Å². The predicted molar refractivity (Wildman–Crippen MR) is 87.8 cm³/mol. The zero-order valence-corrected chi connectivity index (χ0v) is 13.0. The molecule has 1 saturated heterocycles. The first kappa shape index (κ1) is 15.7. The van der Waals surface area contributed by atoms with Crippen LogP contribution < -0.4 is 11.0 Å². The molecule has 2 aromatic rings. The van der Waals surface area contributed by atoms with E-state index >= 15 is 0 Å². The average molecular weight is 315 g/mol. The lowest BCUT2D eigenvalue weighted by Crippen LogP contribution is -2.34. The van der Waals surface area contributed by atoms with Crippen molar-refractivity contribution in [2.75, 3.05) is 19.6 Å². The molecule has 1 aromatic carbocycles. The van der Waals surface area contributed by atoms with E-state index in [9.17, 15) is 9.59 Å². The summed E-state index contributed by atoms with van der Waals surface area (Å²) in [5, 5.41) is 10.0. The Morgan fingerprint density at radius 3 is 2.65 bits per heavy atom. The van der Waals surface area contributed by atoms with Crippen molar-refractivity contribution in [3.05, 3.63) is 46.4 Å². The van der Waals surface area contributed by atoms with E-state index in [0.29, 0.717) is 11.9 Å². The van der Waals surface area contributed by atoms with Gasteiger partial charge in [-0.2, -0.15) is 0 Å². The van der Waals surface area contributed by atoms with Crippen molar-refractivity contribution in [2.45, 2.75) is 25.8 Å². The second-order valence-electron chi connectivity index (χ2n) is 5.96. The fourth-order valence-electron chi connectivity index (χ4n) is 3.09. The van der Waals surface area contributed by atoms with Gasteiger partial charge in [0, 0.05) is 30.2 Å². The Bertz CT molecular complexity index is 763. The standard InChI is InChI=1S/C17H21N3O3/c21-16(18-23)14-5-4-13-6-9-20(17(22)15(13)12-14)11-10-19-7-2-1-3-8-19/h4-6,9,12,23H,1-3,7-8,10-11H2,(H,18,21). The molecule has 0 atom stereocenters. The molecule has 1 aliphatic rings. The quantitative estimate of drug-likeness (QED) is 0.664. The van der Waals surface area contributed by atoms with Gasteiger partial charge in [0.25, 0.3) is 11.5 Å². The molecule has 2 N–H and O–H groups in total. The molecule has 2 heterocycles. The first-order chi connectivity index (χ1) is 11.2. The second-order valence-corrected chi connectivity index (χ2v) is 5.96. The molecule has 0 spiro atoms. The Hall–Kier alpha value is -2.18. The minimum Gasteiger partial charge on any atom is -0.314 e. The zero-order valence-electron chi connectivity index (χ0n) is 13.0. The molecule has 0 radical (unpaired) electrons. The molecule has 1 aromatic heterocycles. The third-order valence-electron chi connectivity index (χ3n) is 4.45. The van der Waals surface area contributed by atoms with E-state index in [0.717, 1.165) is 25.0 Å². The summed E-state index contributed by atoms with van der Waals surface area (Å²) in [6.07, 6.45) is 5.56. The Kier molecular flexibility index (Phi) is 4.73. The lowest BCUT2D eigenvalue weighted by atomic mass is 10.1. The van der Waals surface area contributed by atoms with Gasteiger partial charge >= 0.3 is 0 Å². The summed E-state index contributed by atoms with van der Waals surface area (Å²) < 4.78 is 1.69. The Morgan fingerprint density at radius 1 is 1.13 bits per heavy atom. The molecule has 3 rings (SSSR count). The van der Waals surface area contributed by atoms with Gasteiger partial charge in [0.2, 0.25) is 0 Å². The average Bonchev–Trinajstić information content (AvgIpc) is 2.61. The molecule has 6 nitrogen and oxygen atoms in total. The highest BCUT2D eigenvalue weighted by molar-refractivity contribution is 5.97. The molecule has 23 heavy (non-hydrogen) atoms. The third kappa shape index (κ3) is 3.43. The molecule has 0 unspecified atom stereocenters. The number of hydrogen-bond acceptors (Lipinski definition) is 4. The Labute approximate surface area is 134 Å². The van der Waals surface area contributed by atoms with Gasteiger partial charge in [0.1, 0.15) is 0 Å². The summed E-state index contributed by atoms with van der Waals surface area (Å²) in [5.41, 5.74) is 1.76. The zero-order chi connectivity index (χ0) is 16.2. The minimum absolute atomic E-state index is 0.105. The lowest BCUT2D eigenvalue weighted by molar-refractivity contribution is 0.0706. The predicted octanol–water partition coefficient (Wildman–Crippen LogP) is 1.61. The first-order valence-corrected chi connectivity index (χ1v) is 7.99. The number of benzene rings is 1. The van der Waals surface area contributed by atoms with Gasteiger partial charge in [-0.3, -0.25) is 14.8 Å². The van der Waals surface area contributed by atoms with Crippen molar-refractivity contribution >= 4 is 16.7 Å². The maximum atomic E-state index is 12.6. The van der Waals surface area contributed by atoms with Crippen molar-refractivity contribution in [2.24, 2.45) is 0 Å². The van der Waals surface area contributed by atoms with Crippen LogP contribution >= 0.6 is 0 Å². The minimum atomic E-state index is -0.616. The molecule has 0 saturated carbocycles. The number of piperidine rings is 1. The fourth-order valence-corrected chi connectivity index (χ4v) is 3.09. The maximum absolute atomic E-state index is 12.6. The number of rotatable bonds is 4. The van der Waals surface area contributed by atoms with Gasteiger partial charge in [0.05, 0.1) is 0 Å². The molecular weight excluding hydrogens is 294 g/mol. The van der Waals surface area contributed by atoms with E-state index in [2.05, 4.69) is 4.90 Å². The number of nitrogens with zero attached hydrogens (tertiary/aromatic N) is 2. The number of aromatic nitrogens is 1. The van der Waals surface area contributed by atoms with Gasteiger partial charge in [-0.15, -0.1) is 0 Å². The van der Waals surface area contributed by atoms with Crippen LogP contribution in [0.3, 0.4) is 0 Å². The highest BCUT2D eigenvalue weighted by Gasteiger charge is 2.11. The molecule has 1 fully saturated rings. The topological polar surface area (TPSA) is 74.6 Å². The molecule has 1 aliphatic heterocycles. The van der Waals surface area contributed by atoms with Crippen molar-refractivity contribution in [1.29, 1.82) is 0 Å². The molecule has 0 bridgehead atoms. The van der Waals surface area contributed by atoms with Crippen molar-refractivity contribution in [3.8, 4) is 0 Å². The number of carbonyl (C=O) groups excluding carboxylic acids is 1. The number of pyridine rings is 1. The number of carbonyl (C=O) groups is 1. The smallest absolute Gasteiger partial charge is 0.274 e. The number of likely N-dealkylation sites (tertiary alicyclic amines) is 1. The SMILES string of the molecule is O=C(NO)c1ccc2ccn(CCN3CCCCC3)c(=O)c2c1. The lowest BCUT2D eigenvalue weighted by Gasteiger charge is -2.26. The molecule has 6 heteroatoms. The summed E-state index contributed by atoms with van der Waals surface area (Å²) in [7, 11) is 0. The third-order valence-corrected chi connectivity index (χ3v) is 4.45. The van der Waals surface area contributed by atoms with Crippen LogP contribution in [-0.2, 0) is 6.54 Å². The Balaban J connectivity index is 1.84. The van der Waals surface area contributed by atoms with E-state index in [4.69, 9.17) is 5.21 Å². The van der Waals surface area contributed by atoms with Crippen LogP contribution in [0.2, 0.25) is 0 Å². The molecule has 0 aliphatic carbocycles. The highest BCUT2D eigenvalue weighted by Crippen LogP contribution is 2.13. The molecule has 1 amide bonds. The second kappa shape index (κ2) is 6.93. The summed E-state index contributed by atoms with van der Waals surface area (Å²) in [5.74, 6) is -0.616. The van der Waals surface area contributed by atoms with Crippen LogP contribution in [-0.4, -0.2) is 40.2 Å². The Morgan fingerprint density at radius 2 is 1.91 bits per heavy atom. The summed E-state index contributed by atoms with van der Waals surface area (Å²) >= 11 is 0. The molecule has 122 valence electrons. The summed E-state index contributed by atoms with van der Waals surface area (Å²) in [4.78, 5) is 26.5. The largest absolute Gasteiger partial charge is 0.314 e. The maximum Gasteiger partial charge on any atom is 0.274 e. The van der Waals surface area contributed by atoms with Crippen molar-refractivity contribution in [1.82, 2.24) is 14.9 Å². The van der Waals surface area contributed by atoms with E-state index in [-0.39, 0.29) is 11.1 Å². The van der Waals surface area contributed by atoms with Gasteiger partial charge in [-0.1, -0.05) is 12.5 Å². The van der Waals surface area contributed by atoms with Gasteiger partial charge < -0.3 is 9.47 Å². The van der Waals surface area contributed by atoms with Gasteiger partial charge in [-0.05, 0) is 49.5 Å². The molecular formula is C17H21N3O3. The van der Waals surface area contributed by atoms with Crippen LogP contribution in [0.4, 0.5) is 0 Å². The number of hydrogen-bond donors (Lipinski definition) is 2.